The van der Waals surface area contributed by atoms with E-state index in [9.17, 15) is 4.79 Å². The van der Waals surface area contributed by atoms with E-state index >= 15 is 0 Å². The highest BCUT2D eigenvalue weighted by atomic mass is 35.5. The Morgan fingerprint density at radius 1 is 1.47 bits per heavy atom. The molecule has 0 bridgehead atoms. The second-order valence-corrected chi connectivity index (χ2v) is 5.13. The van der Waals surface area contributed by atoms with Crippen LogP contribution in [0.2, 0.25) is 5.02 Å². The third-order valence-electron chi connectivity index (χ3n) is 3.27. The Kier molecular flexibility index (Phi) is 5.05. The second-order valence-electron chi connectivity index (χ2n) is 4.69. The van der Waals surface area contributed by atoms with E-state index in [4.69, 9.17) is 16.3 Å². The third-order valence-corrected chi connectivity index (χ3v) is 3.53. The number of amides is 1. The molecule has 1 amide bonds. The molecule has 104 valence electrons. The summed E-state index contributed by atoms with van der Waals surface area (Å²) in [4.78, 5) is 14.1. The molecule has 19 heavy (non-hydrogen) atoms. The molecular formula is C14H19ClN2O2. The molecule has 1 heterocycles. The minimum Gasteiger partial charge on any atom is -0.445 e. The molecule has 1 aromatic carbocycles. The Bertz CT molecular complexity index is 422. The predicted molar refractivity (Wildman–Crippen MR) is 76.7 cm³/mol. The molecule has 1 aromatic rings. The van der Waals surface area contributed by atoms with Crippen LogP contribution in [0.4, 0.5) is 10.5 Å². The van der Waals surface area contributed by atoms with Gasteiger partial charge < -0.3 is 4.74 Å². The van der Waals surface area contributed by atoms with E-state index in [-0.39, 0.29) is 6.10 Å². The van der Waals surface area contributed by atoms with E-state index in [0.717, 1.165) is 32.5 Å². The Hall–Kier alpha value is -1.26. The van der Waals surface area contributed by atoms with Gasteiger partial charge in [0.25, 0.3) is 0 Å². The normalized spacial score (nSPS) is 20.0. The molecule has 1 saturated heterocycles. The number of nitrogens with zero attached hydrogens (tertiary/aromatic N) is 1. The summed E-state index contributed by atoms with van der Waals surface area (Å²) >= 11 is 5.79. The molecule has 1 aliphatic rings. The summed E-state index contributed by atoms with van der Waals surface area (Å²) in [6, 6.07) is 6.97. The minimum absolute atomic E-state index is 0.0130. The van der Waals surface area contributed by atoms with Gasteiger partial charge in [-0.25, -0.2) is 4.79 Å². The number of piperidine rings is 1. The average molecular weight is 283 g/mol. The molecule has 1 aliphatic heterocycles. The third kappa shape index (κ3) is 4.40. The van der Waals surface area contributed by atoms with Gasteiger partial charge in [-0.15, -0.1) is 0 Å². The largest absolute Gasteiger partial charge is 0.445 e. The zero-order valence-corrected chi connectivity index (χ0v) is 11.8. The Balaban J connectivity index is 1.82. The molecule has 0 spiro atoms. The van der Waals surface area contributed by atoms with Crippen molar-refractivity contribution in [3.05, 3.63) is 29.3 Å². The van der Waals surface area contributed by atoms with Gasteiger partial charge in [0.15, 0.2) is 0 Å². The lowest BCUT2D eigenvalue weighted by molar-refractivity contribution is 0.0520. The highest BCUT2D eigenvalue weighted by molar-refractivity contribution is 6.30. The monoisotopic (exact) mass is 282 g/mol. The number of carbonyl (C=O) groups excluding carboxylic acids is 1. The van der Waals surface area contributed by atoms with Crippen molar-refractivity contribution in [3.63, 3.8) is 0 Å². The topological polar surface area (TPSA) is 41.6 Å². The van der Waals surface area contributed by atoms with Crippen molar-refractivity contribution in [2.75, 3.05) is 25.0 Å². The number of benzene rings is 1. The first-order valence-corrected chi connectivity index (χ1v) is 7.00. The van der Waals surface area contributed by atoms with Gasteiger partial charge in [0.2, 0.25) is 0 Å². The first-order valence-electron chi connectivity index (χ1n) is 6.63. The van der Waals surface area contributed by atoms with Crippen LogP contribution in [-0.2, 0) is 4.74 Å². The van der Waals surface area contributed by atoms with Gasteiger partial charge in [-0.3, -0.25) is 10.2 Å². The smallest absolute Gasteiger partial charge is 0.411 e. The van der Waals surface area contributed by atoms with Crippen molar-refractivity contribution in [1.82, 2.24) is 4.90 Å². The van der Waals surface area contributed by atoms with Crippen molar-refractivity contribution in [3.8, 4) is 0 Å². The van der Waals surface area contributed by atoms with Gasteiger partial charge in [-0.05, 0) is 50.2 Å². The Labute approximate surface area is 118 Å². The van der Waals surface area contributed by atoms with Gasteiger partial charge in [-0.2, -0.15) is 0 Å². The Morgan fingerprint density at radius 2 is 2.21 bits per heavy atom. The van der Waals surface area contributed by atoms with E-state index in [0.29, 0.717) is 10.7 Å². The maximum atomic E-state index is 11.8. The highest BCUT2D eigenvalue weighted by Crippen LogP contribution is 2.16. The summed E-state index contributed by atoms with van der Waals surface area (Å²) in [6.45, 7) is 5.04. The van der Waals surface area contributed by atoms with Gasteiger partial charge in [0.1, 0.15) is 6.10 Å². The van der Waals surface area contributed by atoms with Crippen molar-refractivity contribution in [1.29, 1.82) is 0 Å². The number of carbonyl (C=O) groups is 1. The summed E-state index contributed by atoms with van der Waals surface area (Å²) in [5.74, 6) is 0. The van der Waals surface area contributed by atoms with Crippen LogP contribution in [0.25, 0.3) is 0 Å². The van der Waals surface area contributed by atoms with E-state index in [1.807, 2.05) is 0 Å². The average Bonchev–Trinajstić information content (AvgIpc) is 2.41. The molecule has 1 fully saturated rings. The summed E-state index contributed by atoms with van der Waals surface area (Å²) in [5.41, 5.74) is 0.692. The summed E-state index contributed by atoms with van der Waals surface area (Å²) in [6.07, 6.45) is 1.60. The molecule has 0 aromatic heterocycles. The standard InChI is InChI=1S/C14H19ClN2O2/c1-2-17-9-3-4-13(10-17)19-14(18)16-12-7-5-11(15)6-8-12/h5-8,13H,2-4,9-10H2,1H3,(H,16,18). The number of hydrogen-bond acceptors (Lipinski definition) is 3. The van der Waals surface area contributed by atoms with Crippen molar-refractivity contribution in [2.24, 2.45) is 0 Å². The van der Waals surface area contributed by atoms with Crippen molar-refractivity contribution < 1.29 is 9.53 Å². The molecule has 4 nitrogen and oxygen atoms in total. The predicted octanol–water partition coefficient (Wildman–Crippen LogP) is 3.37. The first kappa shape index (κ1) is 14.2. The summed E-state index contributed by atoms with van der Waals surface area (Å²) in [7, 11) is 0. The van der Waals surface area contributed by atoms with Crippen LogP contribution in [0.3, 0.4) is 0 Å². The van der Waals surface area contributed by atoms with Crippen LogP contribution in [0.1, 0.15) is 19.8 Å². The zero-order chi connectivity index (χ0) is 13.7. The van der Waals surface area contributed by atoms with Crippen LogP contribution in [0.5, 0.6) is 0 Å². The fourth-order valence-corrected chi connectivity index (χ4v) is 2.35. The van der Waals surface area contributed by atoms with Gasteiger partial charge in [-0.1, -0.05) is 18.5 Å². The van der Waals surface area contributed by atoms with Crippen LogP contribution < -0.4 is 5.32 Å². The van der Waals surface area contributed by atoms with Crippen molar-refractivity contribution in [2.45, 2.75) is 25.9 Å². The van der Waals surface area contributed by atoms with Gasteiger partial charge >= 0.3 is 6.09 Å². The molecule has 5 heteroatoms. The molecule has 0 aliphatic carbocycles. The van der Waals surface area contributed by atoms with E-state index < -0.39 is 6.09 Å². The first-order chi connectivity index (χ1) is 9.17. The molecule has 1 unspecified atom stereocenters. The summed E-state index contributed by atoms with van der Waals surface area (Å²) in [5, 5.41) is 3.35. The van der Waals surface area contributed by atoms with Crippen LogP contribution >= 0.6 is 11.6 Å². The fraction of sp³-hybridized carbons (Fsp3) is 0.500. The van der Waals surface area contributed by atoms with Gasteiger partial charge in [0, 0.05) is 17.3 Å². The van der Waals surface area contributed by atoms with Crippen LogP contribution in [0, 0.1) is 0 Å². The lowest BCUT2D eigenvalue weighted by Gasteiger charge is -2.31. The number of halogens is 1. The zero-order valence-electron chi connectivity index (χ0n) is 11.1. The maximum absolute atomic E-state index is 11.8. The molecule has 2 rings (SSSR count). The van der Waals surface area contributed by atoms with E-state index in [2.05, 4.69) is 17.1 Å². The molecule has 1 atom stereocenters. The van der Waals surface area contributed by atoms with E-state index in [1.54, 1.807) is 24.3 Å². The second kappa shape index (κ2) is 6.78. The molecular weight excluding hydrogens is 264 g/mol. The number of anilines is 1. The van der Waals surface area contributed by atoms with Crippen molar-refractivity contribution >= 4 is 23.4 Å². The molecule has 0 radical (unpaired) electrons. The summed E-state index contributed by atoms with van der Waals surface area (Å²) < 4.78 is 5.43. The SMILES string of the molecule is CCN1CCCC(OC(=O)Nc2ccc(Cl)cc2)C1. The number of hydrogen-bond donors (Lipinski definition) is 1. The number of likely N-dealkylation sites (tertiary alicyclic amines) is 1. The lowest BCUT2D eigenvalue weighted by Crippen LogP contribution is -2.40. The lowest BCUT2D eigenvalue weighted by atomic mass is 10.1. The number of nitrogens with one attached hydrogen (secondary N) is 1. The van der Waals surface area contributed by atoms with Crippen LogP contribution in [-0.4, -0.2) is 36.7 Å². The van der Waals surface area contributed by atoms with Gasteiger partial charge in [0.05, 0.1) is 0 Å². The minimum atomic E-state index is -0.398. The number of likely N-dealkylation sites (N-methyl/N-ethyl adjacent to an activating group) is 1. The maximum Gasteiger partial charge on any atom is 0.411 e. The quantitative estimate of drug-likeness (QED) is 0.924. The van der Waals surface area contributed by atoms with Crippen LogP contribution in [0.15, 0.2) is 24.3 Å². The molecule has 0 saturated carbocycles. The highest BCUT2D eigenvalue weighted by Gasteiger charge is 2.21. The fourth-order valence-electron chi connectivity index (χ4n) is 2.23. The number of rotatable bonds is 3. The van der Waals surface area contributed by atoms with E-state index in [1.165, 1.54) is 0 Å². The number of ether oxygens (including phenoxy) is 1. The Morgan fingerprint density at radius 3 is 2.89 bits per heavy atom. The molecule has 1 N–H and O–H groups in total.